The first-order valence-corrected chi connectivity index (χ1v) is 15.8. The van der Waals surface area contributed by atoms with Gasteiger partial charge in [-0.15, -0.1) is 6.58 Å². The van der Waals surface area contributed by atoms with Gasteiger partial charge in [0.15, 0.2) is 0 Å². The zero-order chi connectivity index (χ0) is 30.0. The van der Waals surface area contributed by atoms with Crippen molar-refractivity contribution >= 4 is 0 Å². The molecule has 0 bridgehead atoms. The van der Waals surface area contributed by atoms with E-state index in [2.05, 4.69) is 103 Å². The highest BCUT2D eigenvalue weighted by Crippen LogP contribution is 2.23. The fourth-order valence-corrected chi connectivity index (χ4v) is 4.86. The van der Waals surface area contributed by atoms with Crippen molar-refractivity contribution in [1.82, 2.24) is 4.98 Å². The van der Waals surface area contributed by atoms with Crippen LogP contribution in [-0.4, -0.2) is 24.8 Å². The second-order valence-electron chi connectivity index (χ2n) is 11.1. The maximum absolute atomic E-state index is 5.97. The van der Waals surface area contributed by atoms with E-state index in [-0.39, 0.29) is 0 Å². The lowest BCUT2D eigenvalue weighted by molar-refractivity contribution is 0.125. The Morgan fingerprint density at radius 1 is 0.605 bits per heavy atom. The van der Waals surface area contributed by atoms with E-state index < -0.39 is 0 Å². The van der Waals surface area contributed by atoms with Crippen LogP contribution in [-0.2, 0) is 24.2 Å². The van der Waals surface area contributed by atoms with E-state index in [1.165, 1.54) is 22.3 Å². The summed E-state index contributed by atoms with van der Waals surface area (Å²) in [5, 5.41) is 0. The van der Waals surface area contributed by atoms with Crippen LogP contribution in [0.15, 0.2) is 104 Å². The van der Waals surface area contributed by atoms with Crippen molar-refractivity contribution in [3.8, 4) is 22.6 Å². The zero-order valence-electron chi connectivity index (χ0n) is 25.8. The van der Waals surface area contributed by atoms with Crippen LogP contribution in [0.25, 0.3) is 11.1 Å². The average Bonchev–Trinajstić information content (AvgIpc) is 3.05. The summed E-state index contributed by atoms with van der Waals surface area (Å²) in [6.45, 7) is 8.65. The molecule has 0 fully saturated rings. The number of aromatic nitrogens is 1. The van der Waals surface area contributed by atoms with Gasteiger partial charge in [-0.05, 0) is 117 Å². The maximum Gasteiger partial charge on any atom is 0.119 e. The second kappa shape index (κ2) is 18.6. The van der Waals surface area contributed by atoms with E-state index in [9.17, 15) is 0 Å². The fourth-order valence-electron chi connectivity index (χ4n) is 4.86. The molecule has 0 aliphatic carbocycles. The Morgan fingerprint density at radius 3 is 1.79 bits per heavy atom. The van der Waals surface area contributed by atoms with Gasteiger partial charge in [0.1, 0.15) is 11.5 Å². The maximum atomic E-state index is 5.97. The minimum absolute atomic E-state index is 0.613. The van der Waals surface area contributed by atoms with Crippen LogP contribution in [0, 0.1) is 6.92 Å². The van der Waals surface area contributed by atoms with Gasteiger partial charge in [-0.3, -0.25) is 4.98 Å². The number of aryl methyl sites for hydroxylation is 3. The molecule has 226 valence electrons. The number of pyridine rings is 1. The van der Waals surface area contributed by atoms with Crippen LogP contribution in [0.1, 0.15) is 67.3 Å². The fraction of sp³-hybridized carbons (Fsp3) is 0.359. The molecule has 3 aromatic carbocycles. The molecule has 0 saturated carbocycles. The molecule has 1 aromatic heterocycles. The first-order valence-electron chi connectivity index (χ1n) is 15.8. The summed E-state index contributed by atoms with van der Waals surface area (Å²) in [5.41, 5.74) is 7.36. The van der Waals surface area contributed by atoms with Crippen molar-refractivity contribution < 1.29 is 14.2 Å². The number of hydrogen-bond acceptors (Lipinski definition) is 4. The molecular weight excluding hydrogens is 530 g/mol. The second-order valence-corrected chi connectivity index (χ2v) is 11.1. The van der Waals surface area contributed by atoms with Crippen LogP contribution in [0.3, 0.4) is 0 Å². The molecule has 0 aliphatic heterocycles. The highest BCUT2D eigenvalue weighted by molar-refractivity contribution is 5.64. The van der Waals surface area contributed by atoms with Gasteiger partial charge in [0.25, 0.3) is 0 Å². The molecule has 0 spiro atoms. The van der Waals surface area contributed by atoms with Gasteiger partial charge in [0, 0.05) is 11.9 Å². The van der Waals surface area contributed by atoms with Gasteiger partial charge in [0.2, 0.25) is 0 Å². The molecule has 43 heavy (non-hydrogen) atoms. The van der Waals surface area contributed by atoms with Crippen molar-refractivity contribution in [2.45, 2.75) is 71.3 Å². The first-order chi connectivity index (χ1) is 21.2. The number of unbranched alkanes of at least 4 members (excludes halogenated alkanes) is 4. The molecule has 4 rings (SSSR count). The molecule has 4 aromatic rings. The van der Waals surface area contributed by atoms with E-state index >= 15 is 0 Å². The van der Waals surface area contributed by atoms with Gasteiger partial charge in [-0.2, -0.15) is 0 Å². The topological polar surface area (TPSA) is 40.6 Å². The molecule has 0 atom stereocenters. The van der Waals surface area contributed by atoms with Crippen LogP contribution in [0.5, 0.6) is 11.5 Å². The van der Waals surface area contributed by atoms with E-state index in [1.54, 1.807) is 0 Å². The number of hydrogen-bond donors (Lipinski definition) is 0. The SMILES string of the molecule is C=CCCOCc1ccc(CCCCc2ccc(OCCCCCCOc3ccc(-c4ccc(C)cc4)cc3)cc2)nc1. The normalized spacial score (nSPS) is 10.9. The van der Waals surface area contributed by atoms with Crippen LogP contribution in [0.2, 0.25) is 0 Å². The van der Waals surface area contributed by atoms with Gasteiger partial charge >= 0.3 is 0 Å². The molecule has 0 unspecified atom stereocenters. The van der Waals surface area contributed by atoms with Crippen molar-refractivity contribution in [3.05, 3.63) is 126 Å². The highest BCUT2D eigenvalue weighted by atomic mass is 16.5. The third-order valence-electron chi connectivity index (χ3n) is 7.51. The molecule has 0 saturated heterocycles. The van der Waals surface area contributed by atoms with E-state index in [0.29, 0.717) is 13.2 Å². The van der Waals surface area contributed by atoms with Gasteiger partial charge in [-0.25, -0.2) is 0 Å². The Kier molecular flexibility index (Phi) is 13.9. The summed E-state index contributed by atoms with van der Waals surface area (Å²) in [6.07, 6.45) is 13.5. The predicted molar refractivity (Wildman–Crippen MR) is 178 cm³/mol. The summed E-state index contributed by atoms with van der Waals surface area (Å²) in [6, 6.07) is 29.9. The number of ether oxygens (including phenoxy) is 3. The molecule has 0 amide bonds. The lowest BCUT2D eigenvalue weighted by atomic mass is 10.0. The summed E-state index contributed by atoms with van der Waals surface area (Å²) in [7, 11) is 0. The predicted octanol–water partition coefficient (Wildman–Crippen LogP) is 9.73. The standard InChI is InChI=1S/C39H47NO3/c1-3-4-27-41-31-34-15-22-37(40-30-34)12-8-7-11-33-16-23-38(24-17-33)42-28-9-5-6-10-29-43-39-25-20-36(21-26-39)35-18-13-32(2)14-19-35/h3,13-26,30H,1,4-12,27-29,31H2,2H3. The lowest BCUT2D eigenvalue weighted by Crippen LogP contribution is -2.00. The molecule has 4 nitrogen and oxygen atoms in total. The Morgan fingerprint density at radius 2 is 1.19 bits per heavy atom. The molecule has 0 N–H and O–H groups in total. The Hall–Kier alpha value is -3.89. The third-order valence-corrected chi connectivity index (χ3v) is 7.51. The molecule has 0 radical (unpaired) electrons. The summed E-state index contributed by atoms with van der Waals surface area (Å²) < 4.78 is 17.5. The van der Waals surface area contributed by atoms with Crippen molar-refractivity contribution in [1.29, 1.82) is 0 Å². The van der Waals surface area contributed by atoms with Gasteiger partial charge < -0.3 is 14.2 Å². The van der Waals surface area contributed by atoms with Crippen molar-refractivity contribution in [2.24, 2.45) is 0 Å². The largest absolute Gasteiger partial charge is 0.494 e. The highest BCUT2D eigenvalue weighted by Gasteiger charge is 2.02. The number of rotatable bonds is 20. The third kappa shape index (κ3) is 12.1. The smallest absolute Gasteiger partial charge is 0.119 e. The first kappa shape index (κ1) is 32.0. The molecule has 4 heteroatoms. The average molecular weight is 578 g/mol. The molecule has 1 heterocycles. The summed E-state index contributed by atoms with van der Waals surface area (Å²) in [5.74, 6) is 1.89. The van der Waals surface area contributed by atoms with Crippen molar-refractivity contribution in [2.75, 3.05) is 19.8 Å². The minimum atomic E-state index is 0.613. The molecule has 0 aliphatic rings. The zero-order valence-corrected chi connectivity index (χ0v) is 25.8. The Bertz CT molecular complexity index is 1310. The lowest BCUT2D eigenvalue weighted by Gasteiger charge is -2.09. The van der Waals surface area contributed by atoms with E-state index in [0.717, 1.165) is 93.8 Å². The van der Waals surface area contributed by atoms with E-state index in [4.69, 9.17) is 14.2 Å². The summed E-state index contributed by atoms with van der Waals surface area (Å²) in [4.78, 5) is 4.59. The van der Waals surface area contributed by atoms with Gasteiger partial charge in [0.05, 0.1) is 26.4 Å². The monoisotopic (exact) mass is 577 g/mol. The van der Waals surface area contributed by atoms with Crippen LogP contribution < -0.4 is 9.47 Å². The van der Waals surface area contributed by atoms with Crippen molar-refractivity contribution in [3.63, 3.8) is 0 Å². The number of nitrogens with zero attached hydrogens (tertiary/aromatic N) is 1. The Labute approximate surface area is 258 Å². The van der Waals surface area contributed by atoms with E-state index in [1.807, 2.05) is 12.3 Å². The quantitative estimate of drug-likeness (QED) is 0.0774. The van der Waals surface area contributed by atoms with Crippen LogP contribution in [0.4, 0.5) is 0 Å². The summed E-state index contributed by atoms with van der Waals surface area (Å²) >= 11 is 0. The van der Waals surface area contributed by atoms with Gasteiger partial charge in [-0.1, -0.05) is 66.2 Å². The number of benzene rings is 3. The molecular formula is C39H47NO3. The minimum Gasteiger partial charge on any atom is -0.494 e. The Balaban J connectivity index is 1.00. The van der Waals surface area contributed by atoms with Crippen LogP contribution >= 0.6 is 0 Å².